The topological polar surface area (TPSA) is 69.0 Å². The second kappa shape index (κ2) is 9.60. The monoisotopic (exact) mass is 485 g/mol. The molecule has 32 heavy (non-hydrogen) atoms. The van der Waals surface area contributed by atoms with E-state index in [1.54, 1.807) is 66.9 Å². The number of thioether (sulfide) groups is 1. The molecule has 4 rings (SSSR count). The highest BCUT2D eigenvalue weighted by Gasteiger charge is 2.32. The first-order chi connectivity index (χ1) is 15.4. The molecule has 0 bridgehead atoms. The van der Waals surface area contributed by atoms with Gasteiger partial charge in [0, 0.05) is 5.02 Å². The van der Waals surface area contributed by atoms with Crippen LogP contribution >= 0.6 is 35.6 Å². The van der Waals surface area contributed by atoms with Crippen molar-refractivity contribution in [3.05, 3.63) is 87.7 Å². The Morgan fingerprint density at radius 1 is 1.19 bits per heavy atom. The fourth-order valence-corrected chi connectivity index (χ4v) is 4.33. The van der Waals surface area contributed by atoms with Crippen molar-refractivity contribution in [2.75, 3.05) is 7.11 Å². The first-order valence-electron chi connectivity index (χ1n) is 9.38. The number of rotatable bonds is 6. The zero-order valence-corrected chi connectivity index (χ0v) is 19.1. The van der Waals surface area contributed by atoms with E-state index in [1.807, 2.05) is 0 Å². The average molecular weight is 486 g/mol. The number of carbonyl (C=O) groups is 2. The predicted octanol–water partition coefficient (Wildman–Crippen LogP) is 5.56. The number of esters is 1. The molecule has 0 aliphatic carbocycles. The zero-order valence-electron chi connectivity index (χ0n) is 16.7. The Hall–Kier alpha value is -3.07. The van der Waals surface area contributed by atoms with Crippen LogP contribution in [0.4, 0.5) is 0 Å². The lowest BCUT2D eigenvalue weighted by Gasteiger charge is -2.12. The van der Waals surface area contributed by atoms with E-state index < -0.39 is 5.97 Å². The van der Waals surface area contributed by atoms with Crippen LogP contribution in [0.2, 0.25) is 5.02 Å². The maximum absolute atomic E-state index is 12.8. The summed E-state index contributed by atoms with van der Waals surface area (Å²) in [4.78, 5) is 27.2. The quantitative estimate of drug-likeness (QED) is 0.196. The third kappa shape index (κ3) is 4.88. The number of furan rings is 1. The third-order valence-corrected chi connectivity index (χ3v) is 6.17. The molecule has 0 unspecified atom stereocenters. The second-order valence-corrected chi connectivity index (χ2v) is 8.77. The van der Waals surface area contributed by atoms with Crippen LogP contribution in [0.1, 0.15) is 21.7 Å². The molecule has 9 heteroatoms. The molecule has 0 N–H and O–H groups in total. The van der Waals surface area contributed by atoms with E-state index in [0.29, 0.717) is 36.9 Å². The Morgan fingerprint density at radius 2 is 1.97 bits per heavy atom. The van der Waals surface area contributed by atoms with Crippen molar-refractivity contribution in [1.29, 1.82) is 0 Å². The Bertz CT molecular complexity index is 1210. The van der Waals surface area contributed by atoms with Crippen molar-refractivity contribution < 1.29 is 23.5 Å². The number of nitrogens with zero attached hydrogens (tertiary/aromatic N) is 1. The van der Waals surface area contributed by atoms with Gasteiger partial charge in [-0.1, -0.05) is 41.6 Å². The fraction of sp³-hybridized carbons (Fsp3) is 0.0870. The summed E-state index contributed by atoms with van der Waals surface area (Å²) in [7, 11) is 1.47. The largest absolute Gasteiger partial charge is 0.493 e. The van der Waals surface area contributed by atoms with Gasteiger partial charge in [-0.2, -0.15) is 0 Å². The fourth-order valence-electron chi connectivity index (χ4n) is 2.95. The number of carbonyl (C=O) groups excluding carboxylic acids is 2. The molecule has 2 aromatic carbocycles. The van der Waals surface area contributed by atoms with Gasteiger partial charge in [0.15, 0.2) is 11.5 Å². The normalized spacial score (nSPS) is 14.8. The highest BCUT2D eigenvalue weighted by atomic mass is 35.5. The molecule has 1 amide bonds. The van der Waals surface area contributed by atoms with Crippen molar-refractivity contribution in [3.63, 3.8) is 0 Å². The Balaban J connectivity index is 1.51. The van der Waals surface area contributed by atoms with Gasteiger partial charge in [0.05, 0.1) is 30.4 Å². The van der Waals surface area contributed by atoms with Crippen LogP contribution in [0.25, 0.3) is 6.08 Å². The van der Waals surface area contributed by atoms with Crippen LogP contribution in [-0.2, 0) is 11.3 Å². The molecule has 1 fully saturated rings. The van der Waals surface area contributed by atoms with Crippen LogP contribution < -0.4 is 9.47 Å². The van der Waals surface area contributed by atoms with Gasteiger partial charge in [-0.05, 0) is 60.2 Å². The number of ether oxygens (including phenoxy) is 2. The molecule has 0 radical (unpaired) electrons. The van der Waals surface area contributed by atoms with Gasteiger partial charge < -0.3 is 13.9 Å². The van der Waals surface area contributed by atoms with E-state index >= 15 is 0 Å². The number of benzene rings is 2. The summed E-state index contributed by atoms with van der Waals surface area (Å²) in [6, 6.07) is 15.0. The number of thiocarbonyl (C=S) groups is 1. The summed E-state index contributed by atoms with van der Waals surface area (Å²) in [5.74, 6) is 0.526. The van der Waals surface area contributed by atoms with Gasteiger partial charge in [0.2, 0.25) is 0 Å². The van der Waals surface area contributed by atoms with Crippen LogP contribution in [0.5, 0.6) is 11.5 Å². The molecule has 1 saturated heterocycles. The van der Waals surface area contributed by atoms with Gasteiger partial charge in [0.25, 0.3) is 5.91 Å². The predicted molar refractivity (Wildman–Crippen MR) is 127 cm³/mol. The van der Waals surface area contributed by atoms with Crippen LogP contribution in [0.15, 0.2) is 70.2 Å². The third-order valence-electron chi connectivity index (χ3n) is 4.54. The summed E-state index contributed by atoms with van der Waals surface area (Å²) < 4.78 is 16.6. The molecular formula is C23H16ClNO5S2. The van der Waals surface area contributed by atoms with Gasteiger partial charge in [0.1, 0.15) is 10.1 Å². The first-order valence-corrected chi connectivity index (χ1v) is 11.0. The van der Waals surface area contributed by atoms with Gasteiger partial charge in [-0.3, -0.25) is 9.69 Å². The van der Waals surface area contributed by atoms with E-state index in [-0.39, 0.29) is 18.2 Å². The molecule has 1 aliphatic heterocycles. The SMILES string of the molecule is COc1cc(/C=C2\SC(=S)N(Cc3ccco3)C2=O)ccc1OC(=O)c1ccc(Cl)cc1. The van der Waals surface area contributed by atoms with E-state index in [1.165, 1.54) is 23.8 Å². The zero-order chi connectivity index (χ0) is 22.7. The number of hydrogen-bond donors (Lipinski definition) is 0. The molecule has 2 heterocycles. The van der Waals surface area contributed by atoms with Gasteiger partial charge in [-0.25, -0.2) is 4.79 Å². The lowest BCUT2D eigenvalue weighted by molar-refractivity contribution is -0.122. The number of halogens is 1. The highest BCUT2D eigenvalue weighted by molar-refractivity contribution is 8.26. The number of methoxy groups -OCH3 is 1. The molecule has 1 aromatic heterocycles. The number of amides is 1. The lowest BCUT2D eigenvalue weighted by atomic mass is 10.1. The lowest BCUT2D eigenvalue weighted by Crippen LogP contribution is -2.27. The average Bonchev–Trinajstić information content (AvgIpc) is 3.39. The molecule has 0 saturated carbocycles. The molecule has 162 valence electrons. The first kappa shape index (κ1) is 22.1. The minimum absolute atomic E-state index is 0.200. The highest BCUT2D eigenvalue weighted by Crippen LogP contribution is 2.35. The molecular weight excluding hydrogens is 470 g/mol. The van der Waals surface area contributed by atoms with E-state index in [4.69, 9.17) is 37.7 Å². The Labute approximate surface area is 198 Å². The Morgan fingerprint density at radius 3 is 2.66 bits per heavy atom. The smallest absolute Gasteiger partial charge is 0.343 e. The van der Waals surface area contributed by atoms with Crippen LogP contribution in [0, 0.1) is 0 Å². The maximum Gasteiger partial charge on any atom is 0.343 e. The standard InChI is InChI=1S/C23H16ClNO5S2/c1-28-19-11-14(4-9-18(19)30-22(27)15-5-7-16(24)8-6-15)12-20-21(26)25(23(31)32-20)13-17-3-2-10-29-17/h2-12H,13H2,1H3/b20-12-. The number of hydrogen-bond acceptors (Lipinski definition) is 7. The maximum atomic E-state index is 12.8. The molecule has 0 atom stereocenters. The van der Waals surface area contributed by atoms with E-state index in [0.717, 1.165) is 0 Å². The van der Waals surface area contributed by atoms with E-state index in [9.17, 15) is 9.59 Å². The van der Waals surface area contributed by atoms with E-state index in [2.05, 4.69) is 0 Å². The summed E-state index contributed by atoms with van der Waals surface area (Å²) in [5, 5.41) is 0.526. The van der Waals surface area contributed by atoms with Crippen molar-refractivity contribution in [3.8, 4) is 11.5 Å². The van der Waals surface area contributed by atoms with Gasteiger partial charge >= 0.3 is 5.97 Å². The van der Waals surface area contributed by atoms with Crippen LogP contribution in [0.3, 0.4) is 0 Å². The Kier molecular flexibility index (Phi) is 6.64. The molecule has 1 aliphatic rings. The summed E-state index contributed by atoms with van der Waals surface area (Å²) in [5.41, 5.74) is 1.06. The van der Waals surface area contributed by atoms with Crippen molar-refractivity contribution in [1.82, 2.24) is 4.90 Å². The minimum Gasteiger partial charge on any atom is -0.493 e. The second-order valence-electron chi connectivity index (χ2n) is 6.65. The minimum atomic E-state index is -0.536. The van der Waals surface area contributed by atoms with Gasteiger partial charge in [-0.15, -0.1) is 0 Å². The summed E-state index contributed by atoms with van der Waals surface area (Å²) >= 11 is 12.4. The van der Waals surface area contributed by atoms with Crippen molar-refractivity contribution in [2.24, 2.45) is 0 Å². The van der Waals surface area contributed by atoms with Crippen molar-refractivity contribution >= 4 is 57.9 Å². The molecule has 6 nitrogen and oxygen atoms in total. The van der Waals surface area contributed by atoms with Crippen LogP contribution in [-0.4, -0.2) is 28.2 Å². The molecule has 0 spiro atoms. The summed E-state index contributed by atoms with van der Waals surface area (Å²) in [6.07, 6.45) is 3.27. The van der Waals surface area contributed by atoms with Crippen molar-refractivity contribution in [2.45, 2.75) is 6.54 Å². The molecule has 3 aromatic rings. The summed E-state index contributed by atoms with van der Waals surface area (Å²) in [6.45, 7) is 0.276.